The minimum absolute atomic E-state index is 0.572. The van der Waals surface area contributed by atoms with Crippen LogP contribution >= 0.6 is 0 Å². The lowest BCUT2D eigenvalue weighted by Gasteiger charge is -2.31. The van der Waals surface area contributed by atoms with Crippen molar-refractivity contribution < 1.29 is 0 Å². The van der Waals surface area contributed by atoms with Gasteiger partial charge in [0.05, 0.1) is 90.1 Å². The Morgan fingerprint density at radius 2 is 0.419 bits per heavy atom. The molecule has 0 fully saturated rings. The number of fused-ring (bicyclic) bond motifs is 12. The van der Waals surface area contributed by atoms with E-state index in [0.29, 0.717) is 11.1 Å². The molecule has 0 aliphatic carbocycles. The van der Waals surface area contributed by atoms with Crippen LogP contribution < -0.4 is 0 Å². The highest BCUT2D eigenvalue weighted by Crippen LogP contribution is 2.54. The zero-order valence-electron chi connectivity index (χ0n) is 39.8. The van der Waals surface area contributed by atoms with Gasteiger partial charge in [-0.15, -0.1) is 0 Å². The molecular weight excluding hydrogens is 901 g/mol. The standard InChI is InChI=1S/C68H40N6/c69-41-43-33-37-45(38-34-43)63-65(71-55-25-9-1-17-47(55)48-18-2-10-26-56(48)71)64(46-39-35-44(42-70)36-40-46)67(73-59-29-13-5-21-51(59)52-22-6-14-30-60(52)73)68(74-61-31-15-7-23-53(61)54-24-8-16-32-62(54)74)66(63)72-57-27-11-3-19-49(57)50-20-4-12-28-58(50)72/h1-40H. The summed E-state index contributed by atoms with van der Waals surface area (Å²) in [6.45, 7) is 0. The van der Waals surface area contributed by atoms with E-state index < -0.39 is 0 Å². The summed E-state index contributed by atoms with van der Waals surface area (Å²) in [6, 6.07) is 91.2. The summed E-state index contributed by atoms with van der Waals surface area (Å²) in [5, 5.41) is 29.9. The number of para-hydroxylation sites is 8. The number of nitriles is 2. The predicted molar refractivity (Wildman–Crippen MR) is 304 cm³/mol. The highest BCUT2D eigenvalue weighted by atomic mass is 15.1. The Morgan fingerprint density at radius 3 is 0.649 bits per heavy atom. The Kier molecular flexibility index (Phi) is 8.99. The summed E-state index contributed by atoms with van der Waals surface area (Å²) in [6.07, 6.45) is 0. The van der Waals surface area contributed by atoms with Gasteiger partial charge < -0.3 is 18.3 Å². The number of hydrogen-bond donors (Lipinski definition) is 0. The molecule has 0 aliphatic rings. The van der Waals surface area contributed by atoms with Gasteiger partial charge in [0.2, 0.25) is 0 Å². The highest BCUT2D eigenvalue weighted by molar-refractivity contribution is 6.18. The molecule has 0 spiro atoms. The molecule has 4 aromatic heterocycles. The molecule has 74 heavy (non-hydrogen) atoms. The Labute approximate surface area is 424 Å². The van der Waals surface area contributed by atoms with E-state index >= 15 is 0 Å². The molecule has 15 aromatic rings. The van der Waals surface area contributed by atoms with E-state index in [1.54, 1.807) is 0 Å². The molecule has 0 saturated heterocycles. The van der Waals surface area contributed by atoms with Crippen molar-refractivity contribution in [2.24, 2.45) is 0 Å². The number of aromatic nitrogens is 4. The lowest BCUT2D eigenvalue weighted by atomic mass is 9.89. The summed E-state index contributed by atoms with van der Waals surface area (Å²) in [5.74, 6) is 0. The first-order valence-corrected chi connectivity index (χ1v) is 24.9. The minimum atomic E-state index is 0.572. The maximum atomic E-state index is 10.4. The van der Waals surface area contributed by atoms with Gasteiger partial charge >= 0.3 is 0 Å². The molecule has 15 rings (SSSR count). The van der Waals surface area contributed by atoms with Crippen molar-refractivity contribution >= 4 is 87.2 Å². The Balaban J connectivity index is 1.35. The first kappa shape index (κ1) is 41.4. The summed E-state index contributed by atoms with van der Waals surface area (Å²) < 4.78 is 10.0. The second kappa shape index (κ2) is 16.1. The minimum Gasteiger partial charge on any atom is -0.308 e. The van der Waals surface area contributed by atoms with Gasteiger partial charge in [0.15, 0.2) is 0 Å². The Hall–Kier alpha value is -10.4. The third-order valence-electron chi connectivity index (χ3n) is 15.2. The van der Waals surface area contributed by atoms with E-state index in [4.69, 9.17) is 0 Å². The van der Waals surface area contributed by atoms with Crippen LogP contribution in [0.15, 0.2) is 243 Å². The van der Waals surface area contributed by atoms with Crippen LogP contribution in [0.5, 0.6) is 0 Å². The summed E-state index contributed by atoms with van der Waals surface area (Å²) in [5.41, 5.74) is 17.2. The average Bonchev–Trinajstić information content (AvgIpc) is 4.25. The van der Waals surface area contributed by atoms with Gasteiger partial charge in [-0.3, -0.25) is 0 Å². The van der Waals surface area contributed by atoms with E-state index in [2.05, 4.69) is 249 Å². The van der Waals surface area contributed by atoms with Gasteiger partial charge in [-0.05, 0) is 83.9 Å². The van der Waals surface area contributed by atoms with Gasteiger partial charge in [0.25, 0.3) is 0 Å². The van der Waals surface area contributed by atoms with Crippen LogP contribution in [0.3, 0.4) is 0 Å². The third-order valence-corrected chi connectivity index (χ3v) is 15.2. The Morgan fingerprint density at radius 1 is 0.216 bits per heavy atom. The van der Waals surface area contributed by atoms with Gasteiger partial charge in [-0.2, -0.15) is 10.5 Å². The van der Waals surface area contributed by atoms with Crippen molar-refractivity contribution in [3.63, 3.8) is 0 Å². The van der Waals surface area contributed by atoms with E-state index in [9.17, 15) is 10.5 Å². The van der Waals surface area contributed by atoms with Crippen LogP contribution in [0.2, 0.25) is 0 Å². The molecule has 0 amide bonds. The molecule has 0 saturated carbocycles. The van der Waals surface area contributed by atoms with E-state index in [1.807, 2.05) is 24.3 Å². The summed E-state index contributed by atoms with van der Waals surface area (Å²) in [7, 11) is 0. The predicted octanol–water partition coefficient (Wildman–Crippen LogP) is 17.2. The average molecular weight is 941 g/mol. The second-order valence-electron chi connectivity index (χ2n) is 19.0. The molecule has 11 aromatic carbocycles. The van der Waals surface area contributed by atoms with Crippen molar-refractivity contribution in [3.8, 4) is 57.1 Å². The molecule has 6 nitrogen and oxygen atoms in total. The largest absolute Gasteiger partial charge is 0.308 e. The first-order valence-electron chi connectivity index (χ1n) is 24.9. The topological polar surface area (TPSA) is 67.3 Å². The number of nitrogens with zero attached hydrogens (tertiary/aromatic N) is 6. The maximum Gasteiger partial charge on any atom is 0.0991 e. The van der Waals surface area contributed by atoms with Crippen LogP contribution in [0.1, 0.15) is 11.1 Å². The number of benzene rings is 11. The molecule has 6 heteroatoms. The lowest BCUT2D eigenvalue weighted by Crippen LogP contribution is -2.16. The van der Waals surface area contributed by atoms with Crippen molar-refractivity contribution in [3.05, 3.63) is 254 Å². The van der Waals surface area contributed by atoms with Crippen LogP contribution in [0.4, 0.5) is 0 Å². The molecule has 342 valence electrons. The van der Waals surface area contributed by atoms with Crippen LogP contribution in [-0.4, -0.2) is 18.3 Å². The number of hydrogen-bond acceptors (Lipinski definition) is 2. The van der Waals surface area contributed by atoms with E-state index in [0.717, 1.165) is 132 Å². The highest BCUT2D eigenvalue weighted by Gasteiger charge is 2.35. The lowest BCUT2D eigenvalue weighted by molar-refractivity contribution is 1.04. The van der Waals surface area contributed by atoms with E-state index in [-0.39, 0.29) is 0 Å². The molecule has 0 N–H and O–H groups in total. The maximum absolute atomic E-state index is 10.4. The summed E-state index contributed by atoms with van der Waals surface area (Å²) in [4.78, 5) is 0. The zero-order chi connectivity index (χ0) is 49.0. The van der Waals surface area contributed by atoms with Crippen molar-refractivity contribution in [2.45, 2.75) is 0 Å². The summed E-state index contributed by atoms with van der Waals surface area (Å²) >= 11 is 0. The monoisotopic (exact) mass is 940 g/mol. The van der Waals surface area contributed by atoms with Crippen molar-refractivity contribution in [1.82, 2.24) is 18.3 Å². The van der Waals surface area contributed by atoms with Gasteiger partial charge in [0.1, 0.15) is 0 Å². The van der Waals surface area contributed by atoms with Gasteiger partial charge in [-0.1, -0.05) is 170 Å². The molecular formula is C68H40N6. The second-order valence-corrected chi connectivity index (χ2v) is 19.0. The van der Waals surface area contributed by atoms with E-state index in [1.165, 1.54) is 0 Å². The fourth-order valence-electron chi connectivity index (χ4n) is 12.2. The smallest absolute Gasteiger partial charge is 0.0991 e. The van der Waals surface area contributed by atoms with Crippen molar-refractivity contribution in [2.75, 3.05) is 0 Å². The SMILES string of the molecule is N#Cc1ccc(-c2c(-n3c4ccccc4c4ccccc43)c(-c3ccc(C#N)cc3)c(-n3c4ccccc4c4ccccc43)c(-n3c4ccccc4c4ccccc43)c2-n2c3ccccc3c3ccccc32)cc1. The molecule has 0 bridgehead atoms. The van der Waals surface area contributed by atoms with Gasteiger partial charge in [0, 0.05) is 54.2 Å². The molecule has 0 aliphatic heterocycles. The van der Waals surface area contributed by atoms with Crippen LogP contribution in [0, 0.1) is 22.7 Å². The molecule has 0 unspecified atom stereocenters. The third kappa shape index (κ3) is 5.79. The van der Waals surface area contributed by atoms with Crippen LogP contribution in [-0.2, 0) is 0 Å². The molecule has 0 atom stereocenters. The quantitative estimate of drug-likeness (QED) is 0.167. The van der Waals surface area contributed by atoms with Gasteiger partial charge in [-0.25, -0.2) is 0 Å². The normalized spacial score (nSPS) is 11.8. The van der Waals surface area contributed by atoms with Crippen LogP contribution in [0.25, 0.3) is 132 Å². The molecule has 0 radical (unpaired) electrons. The fraction of sp³-hybridized carbons (Fsp3) is 0. The van der Waals surface area contributed by atoms with Crippen molar-refractivity contribution in [1.29, 1.82) is 10.5 Å². The zero-order valence-corrected chi connectivity index (χ0v) is 39.8. The number of rotatable bonds is 6. The fourth-order valence-corrected chi connectivity index (χ4v) is 12.2. The molecule has 4 heterocycles. The first-order chi connectivity index (χ1) is 36.7. The Bertz CT molecular complexity index is 4500.